The van der Waals surface area contributed by atoms with Crippen molar-refractivity contribution < 1.29 is 77.0 Å². The minimum atomic E-state index is -5.04. The second-order valence-electron chi connectivity index (χ2n) is 17.0. The van der Waals surface area contributed by atoms with Gasteiger partial charge in [0.1, 0.15) is 48.8 Å². The van der Waals surface area contributed by atoms with E-state index in [1.807, 2.05) is 121 Å². The first-order chi connectivity index (χ1) is 33.8. The zero-order valence-electron chi connectivity index (χ0n) is 39.3. The summed E-state index contributed by atoms with van der Waals surface area (Å²) in [5, 5.41) is 2.92. The molecule has 0 spiro atoms. The van der Waals surface area contributed by atoms with E-state index in [4.69, 9.17) is 46.3 Å². The molecule has 10 atom stereocenters. The Hall–Kier alpha value is -4.23. The lowest BCUT2D eigenvalue weighted by molar-refractivity contribution is -0.361. The third kappa shape index (κ3) is 18.4. The predicted octanol–water partition coefficient (Wildman–Crippen LogP) is 6.68. The minimum Gasteiger partial charge on any atom is -0.368 e. The highest BCUT2D eigenvalue weighted by Crippen LogP contribution is 2.36. The summed E-state index contributed by atoms with van der Waals surface area (Å²) in [4.78, 5) is 13.3. The number of amides is 1. The molecule has 1 amide bonds. The van der Waals surface area contributed by atoms with Crippen LogP contribution in [0.3, 0.4) is 0 Å². The van der Waals surface area contributed by atoms with Crippen molar-refractivity contribution in [2.24, 2.45) is 0 Å². The molecule has 0 aromatic heterocycles. The molecule has 0 unspecified atom stereocenters. The lowest BCUT2D eigenvalue weighted by atomic mass is 9.94. The highest BCUT2D eigenvalue weighted by molar-refractivity contribution is 7.81. The average molecular weight is 1020 g/mol. The summed E-state index contributed by atoms with van der Waals surface area (Å²) in [6, 6.07) is 35.5. The molecule has 70 heavy (non-hydrogen) atoms. The van der Waals surface area contributed by atoms with Gasteiger partial charge in [0.25, 0.3) is 0 Å². The van der Waals surface area contributed by atoms with E-state index in [1.54, 1.807) is 0 Å². The maximum absolute atomic E-state index is 13.3. The Balaban J connectivity index is 1.44. The van der Waals surface area contributed by atoms with Crippen LogP contribution in [0.15, 0.2) is 121 Å². The van der Waals surface area contributed by atoms with Crippen molar-refractivity contribution in [3.05, 3.63) is 144 Å². The van der Waals surface area contributed by atoms with Gasteiger partial charge in [0, 0.05) is 13.5 Å². The molecule has 4 aromatic rings. The molecule has 0 bridgehead atoms. The Morgan fingerprint density at radius 3 is 1.33 bits per heavy atom. The van der Waals surface area contributed by atoms with E-state index in [-0.39, 0.29) is 33.0 Å². The molecular formula is C50H65NO17S2. The Bertz CT molecular complexity index is 2340. The second kappa shape index (κ2) is 28.1. The van der Waals surface area contributed by atoms with Crippen LogP contribution in [0.5, 0.6) is 0 Å². The van der Waals surface area contributed by atoms with Crippen LogP contribution in [0.25, 0.3) is 0 Å². The van der Waals surface area contributed by atoms with Crippen LogP contribution in [0.4, 0.5) is 0 Å². The zero-order chi connectivity index (χ0) is 49.8. The van der Waals surface area contributed by atoms with Crippen LogP contribution >= 0.6 is 0 Å². The molecule has 18 nitrogen and oxygen atoms in total. The summed E-state index contributed by atoms with van der Waals surface area (Å²) in [6.45, 7) is 2.00. The number of carbonyl (C=O) groups is 1. The van der Waals surface area contributed by atoms with Crippen molar-refractivity contribution >= 4 is 26.7 Å². The van der Waals surface area contributed by atoms with Crippen molar-refractivity contribution in [2.75, 3.05) is 19.8 Å². The van der Waals surface area contributed by atoms with Crippen molar-refractivity contribution in [3.63, 3.8) is 0 Å². The Morgan fingerprint density at radius 1 is 0.514 bits per heavy atom. The Labute approximate surface area is 411 Å². The molecule has 2 aliphatic rings. The molecule has 2 fully saturated rings. The van der Waals surface area contributed by atoms with Gasteiger partial charge in [-0.3, -0.25) is 13.9 Å². The largest absolute Gasteiger partial charge is 0.397 e. The highest BCUT2D eigenvalue weighted by atomic mass is 32.3. The first-order valence-electron chi connectivity index (χ1n) is 23.5. The number of hydrogen-bond donors (Lipinski definition) is 3. The summed E-state index contributed by atoms with van der Waals surface area (Å²) in [6.07, 6.45) is -5.98. The first-order valence-corrected chi connectivity index (χ1v) is 26.2. The molecule has 384 valence electrons. The normalized spacial score (nSPS) is 25.1. The number of carbonyl (C=O) groups excluding carboxylic acids is 1. The molecule has 6 rings (SSSR count). The SMILES string of the molecule is CCCCCCCCO[C@@H]1O[C@H](COS(=O)(=O)O)[C@H](OCc2ccccc2)[C@H](O[C@@H]2O[C@H](COS(=O)(=O)O)[C@@H](OCc3ccccc3)[C@H](OCc3ccccc3)[C@H]2NC(C)=O)[C@H]1OCc1ccccc1. The van der Waals surface area contributed by atoms with Crippen molar-refractivity contribution in [2.45, 2.75) is 140 Å². The number of unbranched alkanes of at least 4 members (excludes halogenated alkanes) is 5. The van der Waals surface area contributed by atoms with Gasteiger partial charge in [-0.15, -0.1) is 0 Å². The van der Waals surface area contributed by atoms with Crippen molar-refractivity contribution in [3.8, 4) is 0 Å². The number of nitrogens with one attached hydrogen (secondary N) is 1. The van der Waals surface area contributed by atoms with E-state index in [9.17, 15) is 30.7 Å². The maximum Gasteiger partial charge on any atom is 0.397 e. The molecule has 2 saturated heterocycles. The van der Waals surface area contributed by atoms with Crippen LogP contribution in [-0.4, -0.2) is 113 Å². The standard InChI is InChI=1S/C50H65NO17S2/c1-3-4-5-6-7-20-29-59-50-48(63-33-40-27-18-11-19-28-40)47(45(42(67-50)35-65-70(56,57)58)61-31-38-23-14-9-15-24-38)68-49-43(51-36(2)52)46(62-32-39-25-16-10-17-26-39)44(41(66-49)34-64-69(53,54)55)60-30-37-21-12-8-13-22-37/h8-19,21-28,41-50H,3-7,20,29-35H2,1-2H3,(H,51,52)(H,53,54,55)(H,56,57,58)/t41-,42-,43-,44-,45+,46-,47+,48-,49+,50-/m1/s1. The van der Waals surface area contributed by atoms with Gasteiger partial charge in [-0.1, -0.05) is 160 Å². The molecule has 20 heteroatoms. The van der Waals surface area contributed by atoms with Gasteiger partial charge in [0.15, 0.2) is 12.6 Å². The van der Waals surface area contributed by atoms with E-state index < -0.39 is 101 Å². The van der Waals surface area contributed by atoms with Crippen LogP contribution in [-0.2, 0) is 98.3 Å². The summed E-state index contributed by atoms with van der Waals surface area (Å²) < 4.78 is 131. The summed E-state index contributed by atoms with van der Waals surface area (Å²) >= 11 is 0. The van der Waals surface area contributed by atoms with Crippen LogP contribution in [0, 0.1) is 0 Å². The summed E-state index contributed by atoms with van der Waals surface area (Å²) in [5.74, 6) is -0.523. The Kier molecular flexibility index (Phi) is 22.1. The molecule has 2 heterocycles. The van der Waals surface area contributed by atoms with Gasteiger partial charge < -0.3 is 43.2 Å². The maximum atomic E-state index is 13.3. The fourth-order valence-corrected chi connectivity index (χ4v) is 8.84. The van der Waals surface area contributed by atoms with Gasteiger partial charge >= 0.3 is 20.8 Å². The van der Waals surface area contributed by atoms with Crippen LogP contribution < -0.4 is 5.32 Å². The summed E-state index contributed by atoms with van der Waals surface area (Å²) in [7, 11) is -10.1. The smallest absolute Gasteiger partial charge is 0.368 e. The highest BCUT2D eigenvalue weighted by Gasteiger charge is 2.55. The average Bonchev–Trinajstić information content (AvgIpc) is 3.34. The molecule has 0 radical (unpaired) electrons. The third-order valence-corrected chi connectivity index (χ3v) is 12.5. The van der Waals surface area contributed by atoms with Gasteiger partial charge in [-0.05, 0) is 28.7 Å². The zero-order valence-corrected chi connectivity index (χ0v) is 41.0. The van der Waals surface area contributed by atoms with Crippen LogP contribution in [0.1, 0.15) is 74.6 Å². The van der Waals surface area contributed by atoms with Gasteiger partial charge in [0.2, 0.25) is 5.91 Å². The topological polar surface area (TPSA) is 230 Å². The minimum absolute atomic E-state index is 0.00683. The molecule has 0 saturated carbocycles. The van der Waals surface area contributed by atoms with E-state index in [1.165, 1.54) is 6.92 Å². The fourth-order valence-electron chi connectivity index (χ4n) is 8.23. The molecule has 2 aliphatic heterocycles. The van der Waals surface area contributed by atoms with Crippen molar-refractivity contribution in [1.29, 1.82) is 0 Å². The predicted molar refractivity (Wildman–Crippen MR) is 254 cm³/mol. The van der Waals surface area contributed by atoms with E-state index in [0.717, 1.165) is 54.4 Å². The lowest BCUT2D eigenvalue weighted by Gasteiger charge is -2.50. The van der Waals surface area contributed by atoms with E-state index >= 15 is 0 Å². The number of benzene rings is 4. The quantitative estimate of drug-likeness (QED) is 0.0380. The van der Waals surface area contributed by atoms with Crippen molar-refractivity contribution in [1.82, 2.24) is 5.32 Å². The Morgan fingerprint density at radius 2 is 0.900 bits per heavy atom. The molecular weight excluding hydrogens is 951 g/mol. The van der Waals surface area contributed by atoms with E-state index in [0.29, 0.717) is 6.42 Å². The number of rotatable bonds is 29. The number of hydrogen-bond acceptors (Lipinski definition) is 15. The fraction of sp³-hybridized carbons (Fsp3) is 0.500. The molecule has 3 N–H and O–H groups in total. The van der Waals surface area contributed by atoms with E-state index in [2.05, 4.69) is 12.2 Å². The monoisotopic (exact) mass is 1020 g/mol. The molecule has 0 aliphatic carbocycles. The van der Waals surface area contributed by atoms with Gasteiger partial charge in [-0.2, -0.15) is 16.8 Å². The van der Waals surface area contributed by atoms with Gasteiger partial charge in [0.05, 0.1) is 39.6 Å². The first kappa shape index (κ1) is 55.1. The van der Waals surface area contributed by atoms with Crippen LogP contribution in [0.2, 0.25) is 0 Å². The second-order valence-corrected chi connectivity index (χ2v) is 19.2. The third-order valence-electron chi connectivity index (χ3n) is 11.6. The number of ether oxygens (including phenoxy) is 8. The lowest BCUT2D eigenvalue weighted by Crippen LogP contribution is -2.69. The molecule has 4 aromatic carbocycles. The van der Waals surface area contributed by atoms with Gasteiger partial charge in [-0.25, -0.2) is 8.37 Å². The summed E-state index contributed by atoms with van der Waals surface area (Å²) in [5.41, 5.74) is 2.99.